The van der Waals surface area contributed by atoms with Crippen LogP contribution in [0.1, 0.15) is 18.4 Å². The summed E-state index contributed by atoms with van der Waals surface area (Å²) in [5.74, 6) is 0.0145. The molecule has 1 aliphatic rings. The van der Waals surface area contributed by atoms with Crippen LogP contribution in [0, 0.1) is 0 Å². The molecular formula is C10H11N3O2. The van der Waals surface area contributed by atoms with E-state index in [1.807, 2.05) is 0 Å². The van der Waals surface area contributed by atoms with Crippen molar-refractivity contribution in [3.63, 3.8) is 0 Å². The number of hydrogen-bond donors (Lipinski definition) is 1. The van der Waals surface area contributed by atoms with E-state index in [2.05, 4.69) is 4.98 Å². The second kappa shape index (κ2) is 3.78. The molecule has 2 N–H and O–H groups in total. The molecule has 78 valence electrons. The van der Waals surface area contributed by atoms with E-state index >= 15 is 0 Å². The highest BCUT2D eigenvalue weighted by Gasteiger charge is 2.30. The standard InChI is InChI=1S/C10H11N3O2/c11-5-7-1-2-8(12-6-7)13-9(14)3-4-10(13)15/h1-2,6H,3-5,11H2. The van der Waals surface area contributed by atoms with Gasteiger partial charge in [0.15, 0.2) is 0 Å². The zero-order valence-corrected chi connectivity index (χ0v) is 8.14. The molecule has 0 atom stereocenters. The fourth-order valence-electron chi connectivity index (χ4n) is 1.50. The minimum absolute atomic E-state index is 0.187. The van der Waals surface area contributed by atoms with Crippen molar-refractivity contribution in [3.05, 3.63) is 23.9 Å². The summed E-state index contributed by atoms with van der Waals surface area (Å²) in [6.45, 7) is 0.398. The number of imide groups is 1. The molecule has 0 aromatic carbocycles. The van der Waals surface area contributed by atoms with Crippen LogP contribution in [0.2, 0.25) is 0 Å². The fraction of sp³-hybridized carbons (Fsp3) is 0.300. The summed E-state index contributed by atoms with van der Waals surface area (Å²) in [5.41, 5.74) is 6.29. The molecule has 2 amide bonds. The van der Waals surface area contributed by atoms with Crippen LogP contribution in [0.15, 0.2) is 18.3 Å². The first kappa shape index (κ1) is 9.79. The minimum atomic E-state index is -0.187. The first-order valence-electron chi connectivity index (χ1n) is 4.73. The van der Waals surface area contributed by atoms with E-state index in [9.17, 15) is 9.59 Å². The summed E-state index contributed by atoms with van der Waals surface area (Å²) in [5, 5.41) is 0. The Hall–Kier alpha value is -1.75. The zero-order chi connectivity index (χ0) is 10.8. The van der Waals surface area contributed by atoms with E-state index in [1.165, 1.54) is 0 Å². The Morgan fingerprint density at radius 1 is 1.27 bits per heavy atom. The number of nitrogens with two attached hydrogens (primary N) is 1. The van der Waals surface area contributed by atoms with Gasteiger partial charge in [-0.2, -0.15) is 0 Å². The Bertz CT molecular complexity index is 384. The summed E-state index contributed by atoms with van der Waals surface area (Å²) in [4.78, 5) is 27.9. The molecule has 2 heterocycles. The van der Waals surface area contributed by atoms with Crippen molar-refractivity contribution in [1.29, 1.82) is 0 Å². The van der Waals surface area contributed by atoms with Crippen LogP contribution in [-0.2, 0) is 16.1 Å². The van der Waals surface area contributed by atoms with E-state index in [1.54, 1.807) is 18.3 Å². The second-order valence-corrected chi connectivity index (χ2v) is 3.35. The van der Waals surface area contributed by atoms with Crippen LogP contribution in [0.5, 0.6) is 0 Å². The summed E-state index contributed by atoms with van der Waals surface area (Å²) in [6.07, 6.45) is 2.13. The van der Waals surface area contributed by atoms with Crippen LogP contribution in [0.3, 0.4) is 0 Å². The molecule has 1 saturated heterocycles. The summed E-state index contributed by atoms with van der Waals surface area (Å²) in [6, 6.07) is 3.41. The van der Waals surface area contributed by atoms with Crippen molar-refractivity contribution in [2.45, 2.75) is 19.4 Å². The van der Waals surface area contributed by atoms with Gasteiger partial charge in [0.05, 0.1) is 0 Å². The summed E-state index contributed by atoms with van der Waals surface area (Å²) >= 11 is 0. The van der Waals surface area contributed by atoms with Crippen molar-refractivity contribution in [2.75, 3.05) is 4.90 Å². The molecule has 0 spiro atoms. The zero-order valence-electron chi connectivity index (χ0n) is 8.14. The molecule has 2 rings (SSSR count). The first-order chi connectivity index (χ1) is 7.22. The molecular weight excluding hydrogens is 194 g/mol. The predicted molar refractivity (Wildman–Crippen MR) is 53.9 cm³/mol. The van der Waals surface area contributed by atoms with Gasteiger partial charge in [-0.15, -0.1) is 0 Å². The lowest BCUT2D eigenvalue weighted by Gasteiger charge is -2.12. The number of aromatic nitrogens is 1. The average molecular weight is 205 g/mol. The van der Waals surface area contributed by atoms with Gasteiger partial charge in [0.2, 0.25) is 11.8 Å². The Kier molecular flexibility index (Phi) is 2.47. The Morgan fingerprint density at radius 2 is 1.93 bits per heavy atom. The third-order valence-corrected chi connectivity index (χ3v) is 2.33. The molecule has 15 heavy (non-hydrogen) atoms. The van der Waals surface area contributed by atoms with Gasteiger partial charge in [-0.25, -0.2) is 9.88 Å². The molecule has 1 fully saturated rings. The lowest BCUT2D eigenvalue weighted by molar-refractivity contribution is -0.121. The van der Waals surface area contributed by atoms with Crippen molar-refractivity contribution in [1.82, 2.24) is 4.98 Å². The van der Waals surface area contributed by atoms with Gasteiger partial charge in [-0.1, -0.05) is 6.07 Å². The van der Waals surface area contributed by atoms with Crippen LogP contribution in [0.25, 0.3) is 0 Å². The van der Waals surface area contributed by atoms with Crippen molar-refractivity contribution in [2.24, 2.45) is 5.73 Å². The molecule has 0 unspecified atom stereocenters. The van der Waals surface area contributed by atoms with Gasteiger partial charge < -0.3 is 5.73 Å². The Balaban J connectivity index is 2.29. The van der Waals surface area contributed by atoms with Crippen LogP contribution in [-0.4, -0.2) is 16.8 Å². The number of amides is 2. The highest BCUT2D eigenvalue weighted by atomic mass is 16.2. The van der Waals surface area contributed by atoms with Crippen molar-refractivity contribution < 1.29 is 9.59 Å². The summed E-state index contributed by atoms with van der Waals surface area (Å²) in [7, 11) is 0. The Labute approximate surface area is 86.9 Å². The monoisotopic (exact) mass is 205 g/mol. The SMILES string of the molecule is NCc1ccc(N2C(=O)CCC2=O)nc1. The molecule has 1 aromatic heterocycles. The van der Waals surface area contributed by atoms with E-state index in [4.69, 9.17) is 5.73 Å². The smallest absolute Gasteiger partial charge is 0.235 e. The third-order valence-electron chi connectivity index (χ3n) is 2.33. The second-order valence-electron chi connectivity index (χ2n) is 3.35. The van der Waals surface area contributed by atoms with Gasteiger partial charge in [0.25, 0.3) is 0 Å². The predicted octanol–water partition coefficient (Wildman–Crippen LogP) is 0.194. The van der Waals surface area contributed by atoms with Gasteiger partial charge in [-0.3, -0.25) is 9.59 Å². The molecule has 1 aromatic rings. The topological polar surface area (TPSA) is 76.3 Å². The number of carbonyl (C=O) groups is 2. The lowest BCUT2D eigenvalue weighted by Crippen LogP contribution is -2.29. The molecule has 5 nitrogen and oxygen atoms in total. The van der Waals surface area contributed by atoms with E-state index < -0.39 is 0 Å². The minimum Gasteiger partial charge on any atom is -0.326 e. The largest absolute Gasteiger partial charge is 0.326 e. The number of hydrogen-bond acceptors (Lipinski definition) is 4. The number of rotatable bonds is 2. The molecule has 0 radical (unpaired) electrons. The van der Waals surface area contributed by atoms with Crippen molar-refractivity contribution >= 4 is 17.6 Å². The quantitative estimate of drug-likeness (QED) is 0.699. The van der Waals surface area contributed by atoms with Crippen LogP contribution in [0.4, 0.5) is 5.82 Å². The average Bonchev–Trinajstić information content (AvgIpc) is 2.59. The normalized spacial score (nSPS) is 16.2. The highest BCUT2D eigenvalue weighted by Crippen LogP contribution is 2.19. The van der Waals surface area contributed by atoms with Gasteiger partial charge in [0, 0.05) is 25.6 Å². The summed E-state index contributed by atoms with van der Waals surface area (Å²) < 4.78 is 0. The molecule has 1 aliphatic heterocycles. The number of pyridine rings is 1. The van der Waals surface area contributed by atoms with E-state index in [0.717, 1.165) is 10.5 Å². The number of anilines is 1. The molecule has 0 aliphatic carbocycles. The van der Waals surface area contributed by atoms with E-state index in [-0.39, 0.29) is 24.7 Å². The van der Waals surface area contributed by atoms with Gasteiger partial charge >= 0.3 is 0 Å². The number of carbonyl (C=O) groups excluding carboxylic acids is 2. The van der Waals surface area contributed by atoms with Crippen LogP contribution >= 0.6 is 0 Å². The third kappa shape index (κ3) is 1.73. The molecule has 0 bridgehead atoms. The maximum atomic E-state index is 11.4. The molecule has 5 heteroatoms. The van der Waals surface area contributed by atoms with Crippen molar-refractivity contribution in [3.8, 4) is 0 Å². The maximum absolute atomic E-state index is 11.4. The Morgan fingerprint density at radius 3 is 2.40 bits per heavy atom. The van der Waals surface area contributed by atoms with E-state index in [0.29, 0.717) is 12.4 Å². The maximum Gasteiger partial charge on any atom is 0.235 e. The highest BCUT2D eigenvalue weighted by molar-refractivity contribution is 6.19. The number of nitrogens with zero attached hydrogens (tertiary/aromatic N) is 2. The fourth-order valence-corrected chi connectivity index (χ4v) is 1.50. The molecule has 0 saturated carbocycles. The van der Waals surface area contributed by atoms with Crippen LogP contribution < -0.4 is 10.6 Å². The van der Waals surface area contributed by atoms with Gasteiger partial charge in [0.1, 0.15) is 5.82 Å². The lowest BCUT2D eigenvalue weighted by atomic mass is 10.3. The van der Waals surface area contributed by atoms with Gasteiger partial charge in [-0.05, 0) is 11.6 Å². The first-order valence-corrected chi connectivity index (χ1v) is 4.73.